The number of thiophene rings is 1. The van der Waals surface area contributed by atoms with Crippen LogP contribution in [0.5, 0.6) is 0 Å². The van der Waals surface area contributed by atoms with E-state index in [9.17, 15) is 17.6 Å². The predicted octanol–water partition coefficient (Wildman–Crippen LogP) is 2.00. The number of piperazine rings is 1. The molecule has 1 aromatic carbocycles. The van der Waals surface area contributed by atoms with Crippen molar-refractivity contribution < 1.29 is 17.6 Å². The molecule has 2 fully saturated rings. The zero-order chi connectivity index (χ0) is 19.2. The molecule has 1 amide bonds. The number of nitrogens with zero attached hydrogens (tertiary/aromatic N) is 3. The molecule has 3 heterocycles. The van der Waals surface area contributed by atoms with E-state index < -0.39 is 21.4 Å². The Hall–Kier alpha value is -1.81. The van der Waals surface area contributed by atoms with Gasteiger partial charge in [0.2, 0.25) is 5.91 Å². The van der Waals surface area contributed by atoms with Crippen LogP contribution in [-0.2, 0) is 14.8 Å². The standard InChI is InChI=1S/C18H20FN3O3S2/c1-20-11-16(23)22(15-5-2-4-14(19)10-15)13-18(20)7-8-21(12-18)27(24,25)17-6-3-9-26-17/h2-6,9-10H,7-8,11-13H2,1H3/t18-/m0/s1. The SMILES string of the molecule is CN1CC(=O)N(c2cccc(F)c2)C[C@@]12CCN(S(=O)(=O)c1cccs1)C2. The summed E-state index contributed by atoms with van der Waals surface area (Å²) in [6.07, 6.45) is 0.618. The third kappa shape index (κ3) is 3.18. The van der Waals surface area contributed by atoms with Gasteiger partial charge in [0.05, 0.1) is 12.1 Å². The van der Waals surface area contributed by atoms with Gasteiger partial charge in [-0.25, -0.2) is 12.8 Å². The maximum atomic E-state index is 13.6. The highest BCUT2D eigenvalue weighted by Crippen LogP contribution is 2.36. The molecule has 0 saturated carbocycles. The molecule has 2 aliphatic heterocycles. The summed E-state index contributed by atoms with van der Waals surface area (Å²) in [7, 11) is -1.69. The normalized spacial score (nSPS) is 24.8. The summed E-state index contributed by atoms with van der Waals surface area (Å²) >= 11 is 1.20. The number of sulfonamides is 1. The van der Waals surface area contributed by atoms with E-state index in [1.165, 1.54) is 27.8 Å². The van der Waals surface area contributed by atoms with E-state index in [1.807, 2.05) is 11.9 Å². The Morgan fingerprint density at radius 2 is 2.00 bits per heavy atom. The number of halogens is 1. The number of hydrogen-bond acceptors (Lipinski definition) is 5. The van der Waals surface area contributed by atoms with Gasteiger partial charge in [0.25, 0.3) is 10.0 Å². The molecule has 0 bridgehead atoms. The van der Waals surface area contributed by atoms with E-state index in [-0.39, 0.29) is 12.5 Å². The maximum absolute atomic E-state index is 13.6. The molecule has 9 heteroatoms. The van der Waals surface area contributed by atoms with Crippen molar-refractivity contribution in [3.8, 4) is 0 Å². The minimum absolute atomic E-state index is 0.117. The van der Waals surface area contributed by atoms with Gasteiger partial charge < -0.3 is 4.90 Å². The minimum atomic E-state index is -3.53. The summed E-state index contributed by atoms with van der Waals surface area (Å²) in [6.45, 7) is 1.21. The first-order valence-electron chi connectivity index (χ1n) is 8.63. The molecule has 6 nitrogen and oxygen atoms in total. The Morgan fingerprint density at radius 3 is 2.70 bits per heavy atom. The summed E-state index contributed by atoms with van der Waals surface area (Å²) in [5.41, 5.74) is 0.0249. The first-order chi connectivity index (χ1) is 12.8. The van der Waals surface area contributed by atoms with Crippen LogP contribution in [0, 0.1) is 5.82 Å². The number of carbonyl (C=O) groups excluding carboxylic acids is 1. The van der Waals surface area contributed by atoms with Crippen molar-refractivity contribution in [3.63, 3.8) is 0 Å². The van der Waals surface area contributed by atoms with Gasteiger partial charge in [-0.3, -0.25) is 9.69 Å². The van der Waals surface area contributed by atoms with Crippen LogP contribution in [0.4, 0.5) is 10.1 Å². The Labute approximate surface area is 161 Å². The van der Waals surface area contributed by atoms with Crippen LogP contribution in [0.3, 0.4) is 0 Å². The van der Waals surface area contributed by atoms with Crippen LogP contribution in [-0.4, -0.2) is 62.3 Å². The second kappa shape index (κ2) is 6.66. The van der Waals surface area contributed by atoms with Crippen molar-refractivity contribution in [1.29, 1.82) is 0 Å². The molecular formula is C18H20FN3O3S2. The minimum Gasteiger partial charge on any atom is -0.309 e. The van der Waals surface area contributed by atoms with E-state index in [0.717, 1.165) is 0 Å². The van der Waals surface area contributed by atoms with E-state index in [0.29, 0.717) is 36.0 Å². The molecule has 4 rings (SSSR count). The first kappa shape index (κ1) is 18.5. The lowest BCUT2D eigenvalue weighted by Crippen LogP contribution is -2.64. The zero-order valence-corrected chi connectivity index (χ0v) is 16.5. The van der Waals surface area contributed by atoms with Gasteiger partial charge >= 0.3 is 0 Å². The second-order valence-corrected chi connectivity index (χ2v) is 10.2. The summed E-state index contributed by atoms with van der Waals surface area (Å²) in [6, 6.07) is 9.29. The van der Waals surface area contributed by atoms with Crippen molar-refractivity contribution in [2.75, 3.05) is 38.1 Å². The fourth-order valence-electron chi connectivity index (χ4n) is 3.84. The highest BCUT2D eigenvalue weighted by atomic mass is 32.2. The van der Waals surface area contributed by atoms with E-state index in [4.69, 9.17) is 0 Å². The number of amides is 1. The lowest BCUT2D eigenvalue weighted by Gasteiger charge is -2.46. The molecule has 1 spiro atoms. The Kier molecular flexibility index (Phi) is 4.58. The van der Waals surface area contributed by atoms with Crippen molar-refractivity contribution in [2.24, 2.45) is 0 Å². The molecule has 2 saturated heterocycles. The average Bonchev–Trinajstić information content (AvgIpc) is 3.30. The fraction of sp³-hybridized carbons (Fsp3) is 0.389. The predicted molar refractivity (Wildman–Crippen MR) is 102 cm³/mol. The monoisotopic (exact) mass is 409 g/mol. The molecule has 2 aliphatic rings. The summed E-state index contributed by atoms with van der Waals surface area (Å²) in [5.74, 6) is -0.519. The van der Waals surface area contributed by atoms with Crippen molar-refractivity contribution >= 4 is 33.0 Å². The first-order valence-corrected chi connectivity index (χ1v) is 10.9. The zero-order valence-electron chi connectivity index (χ0n) is 14.8. The van der Waals surface area contributed by atoms with Gasteiger partial charge in [0, 0.05) is 25.3 Å². The quantitative estimate of drug-likeness (QED) is 0.778. The largest absolute Gasteiger partial charge is 0.309 e. The number of carbonyl (C=O) groups is 1. The van der Waals surface area contributed by atoms with Crippen molar-refractivity contribution in [3.05, 3.63) is 47.6 Å². The van der Waals surface area contributed by atoms with Crippen LogP contribution in [0.25, 0.3) is 0 Å². The Morgan fingerprint density at radius 1 is 1.19 bits per heavy atom. The third-order valence-electron chi connectivity index (χ3n) is 5.44. The highest BCUT2D eigenvalue weighted by Gasteiger charge is 2.50. The maximum Gasteiger partial charge on any atom is 0.252 e. The Bertz CT molecular complexity index is 964. The highest BCUT2D eigenvalue weighted by molar-refractivity contribution is 7.91. The number of likely N-dealkylation sites (N-methyl/N-ethyl adjacent to an activating group) is 1. The lowest BCUT2D eigenvalue weighted by atomic mass is 9.92. The fourth-order valence-corrected chi connectivity index (χ4v) is 6.51. The third-order valence-corrected chi connectivity index (χ3v) is 8.66. The van der Waals surface area contributed by atoms with Gasteiger partial charge in [-0.2, -0.15) is 4.31 Å². The van der Waals surface area contributed by atoms with Gasteiger partial charge in [0.15, 0.2) is 0 Å². The lowest BCUT2D eigenvalue weighted by molar-refractivity contribution is -0.123. The van der Waals surface area contributed by atoms with Gasteiger partial charge in [-0.05, 0) is 43.1 Å². The molecule has 27 heavy (non-hydrogen) atoms. The van der Waals surface area contributed by atoms with Crippen LogP contribution in [0.2, 0.25) is 0 Å². The van der Waals surface area contributed by atoms with Crippen LogP contribution < -0.4 is 4.90 Å². The number of anilines is 1. The smallest absolute Gasteiger partial charge is 0.252 e. The molecule has 0 radical (unpaired) electrons. The molecule has 0 aliphatic carbocycles. The molecule has 144 valence electrons. The summed E-state index contributed by atoms with van der Waals surface area (Å²) in [5, 5.41) is 1.75. The van der Waals surface area contributed by atoms with E-state index in [2.05, 4.69) is 0 Å². The van der Waals surface area contributed by atoms with Crippen LogP contribution in [0.1, 0.15) is 6.42 Å². The van der Waals surface area contributed by atoms with Gasteiger partial charge in [-0.1, -0.05) is 12.1 Å². The molecule has 1 aromatic heterocycles. The molecule has 0 N–H and O–H groups in total. The molecule has 1 atom stereocenters. The van der Waals surface area contributed by atoms with Crippen molar-refractivity contribution in [2.45, 2.75) is 16.2 Å². The molecule has 0 unspecified atom stereocenters. The number of hydrogen-bond donors (Lipinski definition) is 0. The summed E-state index contributed by atoms with van der Waals surface area (Å²) in [4.78, 5) is 16.1. The van der Waals surface area contributed by atoms with Gasteiger partial charge in [-0.15, -0.1) is 11.3 Å². The average molecular weight is 410 g/mol. The topological polar surface area (TPSA) is 60.9 Å². The number of rotatable bonds is 3. The van der Waals surface area contributed by atoms with Gasteiger partial charge in [0.1, 0.15) is 10.0 Å². The van der Waals surface area contributed by atoms with E-state index in [1.54, 1.807) is 34.5 Å². The van der Waals surface area contributed by atoms with E-state index >= 15 is 0 Å². The van der Waals surface area contributed by atoms with Crippen molar-refractivity contribution in [1.82, 2.24) is 9.21 Å². The number of benzene rings is 1. The second-order valence-electron chi connectivity index (χ2n) is 7.06. The molecular weight excluding hydrogens is 389 g/mol. The Balaban J connectivity index is 1.62. The van der Waals surface area contributed by atoms with Crippen LogP contribution >= 0.6 is 11.3 Å². The van der Waals surface area contributed by atoms with Crippen LogP contribution in [0.15, 0.2) is 46.0 Å². The molecule has 2 aromatic rings. The summed E-state index contributed by atoms with van der Waals surface area (Å²) < 4.78 is 41.2.